The second kappa shape index (κ2) is 12.8. The van der Waals surface area contributed by atoms with Crippen molar-refractivity contribution in [1.82, 2.24) is 15.5 Å². The smallest absolute Gasteiger partial charge is 0.258 e. The third kappa shape index (κ3) is 7.82. The monoisotopic (exact) mass is 598 g/mol. The standard InChI is InChI=1S/C31H40BrFN4O2/c1-39-29-16-10-23(32)17-22(29)9-15-26-27(3-2-4-28(26)33)30(38)36-31(34)35-24-11-13-25(14-12-24)37(18-20-5-6-20)19-21-7-8-21/h2-4,10,16-17,20-21,24-25H,5-9,11-15,18-19H2,1H3,(H3,34,35,36,38)/t24-,25-. The molecule has 39 heavy (non-hydrogen) atoms. The van der Waals surface area contributed by atoms with Gasteiger partial charge in [-0.25, -0.2) is 4.39 Å². The first-order valence-corrected chi connectivity index (χ1v) is 15.2. The van der Waals surface area contributed by atoms with Crippen LogP contribution in [-0.2, 0) is 12.8 Å². The maximum Gasteiger partial charge on any atom is 0.258 e. The number of guanidine groups is 1. The van der Waals surface area contributed by atoms with Gasteiger partial charge in [-0.05, 0) is 112 Å². The predicted octanol–water partition coefficient (Wildman–Crippen LogP) is 6.07. The van der Waals surface area contributed by atoms with Crippen molar-refractivity contribution < 1.29 is 13.9 Å². The second-order valence-electron chi connectivity index (χ2n) is 11.5. The van der Waals surface area contributed by atoms with Gasteiger partial charge in [-0.1, -0.05) is 22.0 Å². The highest BCUT2D eigenvalue weighted by molar-refractivity contribution is 9.10. The van der Waals surface area contributed by atoms with E-state index in [1.807, 2.05) is 18.2 Å². The average molecular weight is 600 g/mol. The van der Waals surface area contributed by atoms with Crippen LogP contribution < -0.4 is 15.4 Å². The highest BCUT2D eigenvalue weighted by atomic mass is 79.9. The summed E-state index contributed by atoms with van der Waals surface area (Å²) in [5, 5.41) is 14.3. The lowest BCUT2D eigenvalue weighted by atomic mass is 9.89. The number of methoxy groups -OCH3 is 1. The number of hydrogen-bond donors (Lipinski definition) is 3. The van der Waals surface area contributed by atoms with E-state index in [2.05, 4.69) is 31.5 Å². The summed E-state index contributed by atoms with van der Waals surface area (Å²) < 4.78 is 21.2. The van der Waals surface area contributed by atoms with E-state index in [0.29, 0.717) is 24.4 Å². The zero-order valence-corrected chi connectivity index (χ0v) is 24.4. The summed E-state index contributed by atoms with van der Waals surface area (Å²) in [5.41, 5.74) is 1.53. The van der Waals surface area contributed by atoms with Gasteiger partial charge in [0.05, 0.1) is 7.11 Å². The van der Waals surface area contributed by atoms with Crippen LogP contribution in [0.5, 0.6) is 5.75 Å². The SMILES string of the molecule is COc1ccc(Br)cc1CCc1c(F)cccc1C(=O)NC(=N)N[C@H]1CC[C@H](N(CC2CC2)CC2CC2)CC1. The molecule has 0 atom stereocenters. The molecule has 5 rings (SSSR count). The van der Waals surface area contributed by atoms with Gasteiger partial charge in [0.2, 0.25) is 0 Å². The Bertz CT molecular complexity index is 1160. The largest absolute Gasteiger partial charge is 0.496 e. The van der Waals surface area contributed by atoms with Crippen molar-refractivity contribution in [2.45, 2.75) is 76.3 Å². The van der Waals surface area contributed by atoms with Gasteiger partial charge in [-0.2, -0.15) is 0 Å². The molecule has 6 nitrogen and oxygen atoms in total. The average Bonchev–Trinajstić information content (AvgIpc) is 3.85. The molecule has 8 heteroatoms. The number of amides is 1. The van der Waals surface area contributed by atoms with Gasteiger partial charge in [0.1, 0.15) is 11.6 Å². The van der Waals surface area contributed by atoms with Gasteiger partial charge in [0.25, 0.3) is 5.91 Å². The topological polar surface area (TPSA) is 77.4 Å². The molecule has 0 spiro atoms. The molecule has 3 N–H and O–H groups in total. The molecule has 3 fully saturated rings. The van der Waals surface area contributed by atoms with E-state index in [1.54, 1.807) is 19.2 Å². The Kier molecular flexibility index (Phi) is 9.23. The second-order valence-corrected chi connectivity index (χ2v) is 12.5. The van der Waals surface area contributed by atoms with Gasteiger partial charge in [0.15, 0.2) is 5.96 Å². The molecule has 3 aliphatic carbocycles. The zero-order chi connectivity index (χ0) is 27.4. The van der Waals surface area contributed by atoms with Crippen molar-refractivity contribution in [3.05, 3.63) is 63.4 Å². The first-order chi connectivity index (χ1) is 18.9. The fraction of sp³-hybridized carbons (Fsp3) is 0.548. The fourth-order valence-corrected chi connectivity index (χ4v) is 6.28. The van der Waals surface area contributed by atoms with Crippen molar-refractivity contribution in [3.8, 4) is 5.75 Å². The van der Waals surface area contributed by atoms with Crippen LogP contribution in [-0.4, -0.2) is 49.0 Å². The lowest BCUT2D eigenvalue weighted by Crippen LogP contribution is -2.49. The molecule has 0 aliphatic heterocycles. The van der Waals surface area contributed by atoms with Crippen molar-refractivity contribution in [3.63, 3.8) is 0 Å². The maximum absolute atomic E-state index is 14.9. The molecule has 0 bridgehead atoms. The minimum atomic E-state index is -0.461. The summed E-state index contributed by atoms with van der Waals surface area (Å²) in [6, 6.07) is 11.1. The summed E-state index contributed by atoms with van der Waals surface area (Å²) >= 11 is 3.48. The number of carbonyl (C=O) groups is 1. The molecule has 3 saturated carbocycles. The van der Waals surface area contributed by atoms with E-state index in [9.17, 15) is 9.18 Å². The summed E-state index contributed by atoms with van der Waals surface area (Å²) in [7, 11) is 1.61. The quantitative estimate of drug-likeness (QED) is 0.217. The highest BCUT2D eigenvalue weighted by Gasteiger charge is 2.34. The van der Waals surface area contributed by atoms with Crippen LogP contribution in [0.1, 0.15) is 72.9 Å². The van der Waals surface area contributed by atoms with E-state index >= 15 is 0 Å². The first-order valence-electron chi connectivity index (χ1n) is 14.4. The maximum atomic E-state index is 14.9. The van der Waals surface area contributed by atoms with Crippen molar-refractivity contribution in [1.29, 1.82) is 5.41 Å². The molecule has 0 heterocycles. The lowest BCUT2D eigenvalue weighted by Gasteiger charge is -2.37. The van der Waals surface area contributed by atoms with Crippen LogP contribution in [0.25, 0.3) is 0 Å². The minimum Gasteiger partial charge on any atom is -0.496 e. The van der Waals surface area contributed by atoms with E-state index < -0.39 is 11.7 Å². The zero-order valence-electron chi connectivity index (χ0n) is 22.8. The Labute approximate surface area is 239 Å². The molecule has 1 amide bonds. The number of rotatable bonds is 11. The van der Waals surface area contributed by atoms with Gasteiger partial charge in [-0.3, -0.25) is 20.4 Å². The summed E-state index contributed by atoms with van der Waals surface area (Å²) in [4.78, 5) is 15.9. The molecular formula is C31H40BrFN4O2. The van der Waals surface area contributed by atoms with E-state index in [0.717, 1.165) is 53.3 Å². The molecular weight excluding hydrogens is 559 g/mol. The van der Waals surface area contributed by atoms with Gasteiger partial charge in [0, 0.05) is 40.8 Å². The molecule has 0 aromatic heterocycles. The Morgan fingerprint density at radius 2 is 1.72 bits per heavy atom. The molecule has 2 aromatic rings. The molecule has 210 valence electrons. The first kappa shape index (κ1) is 28.1. The molecule has 0 saturated heterocycles. The minimum absolute atomic E-state index is 0.0138. The molecule has 0 radical (unpaired) electrons. The molecule has 3 aliphatic rings. The molecule has 0 unspecified atom stereocenters. The van der Waals surface area contributed by atoms with Crippen LogP contribution in [0.3, 0.4) is 0 Å². The van der Waals surface area contributed by atoms with Gasteiger partial charge in [-0.15, -0.1) is 0 Å². The van der Waals surface area contributed by atoms with E-state index in [4.69, 9.17) is 10.1 Å². The Balaban J connectivity index is 1.14. The number of nitrogens with zero attached hydrogens (tertiary/aromatic N) is 1. The normalized spacial score (nSPS) is 21.0. The summed E-state index contributed by atoms with van der Waals surface area (Å²) in [6.07, 6.45) is 10.7. The van der Waals surface area contributed by atoms with Crippen molar-refractivity contribution in [2.75, 3.05) is 20.2 Å². The summed E-state index contributed by atoms with van der Waals surface area (Å²) in [6.45, 7) is 2.52. The number of nitrogens with one attached hydrogen (secondary N) is 3. The molecule has 2 aromatic carbocycles. The Morgan fingerprint density at radius 1 is 1.03 bits per heavy atom. The number of halogens is 2. The third-order valence-corrected chi connectivity index (χ3v) is 8.92. The summed E-state index contributed by atoms with van der Waals surface area (Å²) in [5.74, 6) is 1.65. The number of ether oxygens (including phenoxy) is 1. The van der Waals surface area contributed by atoms with Crippen LogP contribution >= 0.6 is 15.9 Å². The Hall–Kier alpha value is -2.45. The predicted molar refractivity (Wildman–Crippen MR) is 156 cm³/mol. The van der Waals surface area contributed by atoms with Crippen LogP contribution in [0.4, 0.5) is 4.39 Å². The van der Waals surface area contributed by atoms with Gasteiger partial charge < -0.3 is 10.1 Å². The third-order valence-electron chi connectivity index (χ3n) is 8.43. The fourth-order valence-electron chi connectivity index (χ4n) is 5.87. The van der Waals surface area contributed by atoms with Crippen molar-refractivity contribution >= 4 is 27.8 Å². The highest BCUT2D eigenvalue weighted by Crippen LogP contribution is 2.36. The van der Waals surface area contributed by atoms with Crippen LogP contribution in [0.2, 0.25) is 0 Å². The number of carbonyl (C=O) groups excluding carboxylic acids is 1. The van der Waals surface area contributed by atoms with Crippen LogP contribution in [0.15, 0.2) is 40.9 Å². The van der Waals surface area contributed by atoms with E-state index in [-0.39, 0.29) is 17.6 Å². The number of hydrogen-bond acceptors (Lipinski definition) is 4. The van der Waals surface area contributed by atoms with Crippen LogP contribution in [0, 0.1) is 23.1 Å². The van der Waals surface area contributed by atoms with Gasteiger partial charge >= 0.3 is 0 Å². The van der Waals surface area contributed by atoms with E-state index in [1.165, 1.54) is 44.8 Å². The lowest BCUT2D eigenvalue weighted by molar-refractivity contribution is 0.0973. The number of benzene rings is 2. The van der Waals surface area contributed by atoms with Crippen molar-refractivity contribution in [2.24, 2.45) is 11.8 Å². The number of aryl methyl sites for hydroxylation is 1. The Morgan fingerprint density at radius 3 is 2.36 bits per heavy atom.